The van der Waals surface area contributed by atoms with Crippen LogP contribution in [0.25, 0.3) is 0 Å². The fourth-order valence-corrected chi connectivity index (χ4v) is 3.30. The minimum absolute atomic E-state index is 0. The third-order valence-corrected chi connectivity index (χ3v) is 4.76. The molecule has 1 aliphatic heterocycles. The molecule has 3 rings (SSSR count). The summed E-state index contributed by atoms with van der Waals surface area (Å²) in [5, 5.41) is 0. The number of piperazine rings is 1. The van der Waals surface area contributed by atoms with Crippen LogP contribution in [0.3, 0.4) is 0 Å². The first-order chi connectivity index (χ1) is 13.5. The van der Waals surface area contributed by atoms with Crippen LogP contribution in [0.1, 0.15) is 5.56 Å². The molecular weight excluding hydrogens is 440 g/mol. The largest absolute Gasteiger partial charge is 0.524 e. The average molecular weight is 467 g/mol. The highest BCUT2D eigenvalue weighted by molar-refractivity contribution is 5.85. The second-order valence-electron chi connectivity index (χ2n) is 6.75. The van der Waals surface area contributed by atoms with E-state index in [4.69, 9.17) is 4.74 Å². The van der Waals surface area contributed by atoms with E-state index in [1.165, 1.54) is 0 Å². The van der Waals surface area contributed by atoms with Crippen molar-refractivity contribution in [3.05, 3.63) is 66.2 Å². The average Bonchev–Trinajstić information content (AvgIpc) is 2.69. The zero-order chi connectivity index (χ0) is 19.8. The molecule has 9 heteroatoms. The number of para-hydroxylation sites is 1. The number of hydrogen-bond donors (Lipinski definition) is 0. The van der Waals surface area contributed by atoms with Gasteiger partial charge in [0.2, 0.25) is 0 Å². The van der Waals surface area contributed by atoms with Gasteiger partial charge in [0.25, 0.3) is 0 Å². The van der Waals surface area contributed by atoms with Crippen molar-refractivity contribution in [3.8, 4) is 5.75 Å². The summed E-state index contributed by atoms with van der Waals surface area (Å²) in [7, 11) is 0. The molecule has 0 aromatic heterocycles. The molecular formula is C21H27Cl2F3N2O2. The number of ether oxygens (including phenoxy) is 2. The number of benzene rings is 2. The van der Waals surface area contributed by atoms with Crippen LogP contribution < -0.4 is 4.74 Å². The number of halogens is 5. The lowest BCUT2D eigenvalue weighted by Crippen LogP contribution is -2.53. The van der Waals surface area contributed by atoms with Gasteiger partial charge in [-0.25, -0.2) is 0 Å². The summed E-state index contributed by atoms with van der Waals surface area (Å²) in [5.74, 6) is 0.822. The molecule has 1 unspecified atom stereocenters. The van der Waals surface area contributed by atoms with Gasteiger partial charge in [0.1, 0.15) is 18.6 Å². The van der Waals surface area contributed by atoms with Gasteiger partial charge in [0, 0.05) is 39.1 Å². The van der Waals surface area contributed by atoms with E-state index in [0.29, 0.717) is 32.8 Å². The van der Waals surface area contributed by atoms with E-state index in [1.807, 2.05) is 60.7 Å². The van der Waals surface area contributed by atoms with Crippen LogP contribution in [-0.2, 0) is 11.2 Å². The molecule has 4 nitrogen and oxygen atoms in total. The summed E-state index contributed by atoms with van der Waals surface area (Å²) in [6.45, 7) is 3.72. The van der Waals surface area contributed by atoms with E-state index in [9.17, 15) is 13.2 Å². The van der Waals surface area contributed by atoms with Gasteiger partial charge in [-0.2, -0.15) is 0 Å². The van der Waals surface area contributed by atoms with Crippen molar-refractivity contribution in [2.45, 2.75) is 19.0 Å². The number of nitrogens with zero attached hydrogens (tertiary/aromatic N) is 2. The Bertz CT molecular complexity index is 700. The van der Waals surface area contributed by atoms with E-state index >= 15 is 0 Å². The number of alkyl halides is 3. The summed E-state index contributed by atoms with van der Waals surface area (Å²) in [4.78, 5) is 3.97. The zero-order valence-corrected chi connectivity index (χ0v) is 18.1. The van der Waals surface area contributed by atoms with Gasteiger partial charge in [-0.3, -0.25) is 14.5 Å². The topological polar surface area (TPSA) is 24.9 Å². The summed E-state index contributed by atoms with van der Waals surface area (Å²) in [6.07, 6.45) is -5.46. The number of rotatable bonds is 8. The van der Waals surface area contributed by atoms with Crippen LogP contribution in [-0.4, -0.2) is 61.7 Å². The van der Waals surface area contributed by atoms with Gasteiger partial charge < -0.3 is 4.74 Å². The molecule has 1 atom stereocenters. The first-order valence-electron chi connectivity index (χ1n) is 9.42. The predicted octanol–water partition coefficient (Wildman–Crippen LogP) is 4.63. The third-order valence-electron chi connectivity index (χ3n) is 4.76. The molecule has 0 bridgehead atoms. The van der Waals surface area contributed by atoms with E-state index in [-0.39, 0.29) is 31.2 Å². The van der Waals surface area contributed by atoms with Crippen LogP contribution in [0.4, 0.5) is 13.2 Å². The Morgan fingerprint density at radius 1 is 0.833 bits per heavy atom. The maximum absolute atomic E-state index is 12.9. The predicted molar refractivity (Wildman–Crippen MR) is 116 cm³/mol. The third kappa shape index (κ3) is 9.10. The standard InChI is InChI=1S/C21H25F3N2O2.2ClH/c22-21(23,24)28-20(17-18-7-3-1-4-8-18)26-13-11-25(12-14-26)15-16-27-19-9-5-2-6-10-19;;/h1-10,20H,11-17H2;2*1H. The molecule has 0 amide bonds. The van der Waals surface area contributed by atoms with Gasteiger partial charge in [-0.1, -0.05) is 48.5 Å². The molecule has 1 fully saturated rings. The smallest absolute Gasteiger partial charge is 0.492 e. The SMILES string of the molecule is Cl.Cl.FC(F)(F)OC(Cc1ccccc1)N1CCN(CCOc2ccccc2)CC1. The fraction of sp³-hybridized carbons (Fsp3) is 0.429. The lowest BCUT2D eigenvalue weighted by molar-refractivity contribution is -0.360. The van der Waals surface area contributed by atoms with Crippen LogP contribution in [0.2, 0.25) is 0 Å². The minimum atomic E-state index is -4.65. The first-order valence-corrected chi connectivity index (χ1v) is 9.42. The van der Waals surface area contributed by atoms with Crippen molar-refractivity contribution in [2.24, 2.45) is 0 Å². The van der Waals surface area contributed by atoms with Crippen molar-refractivity contribution in [2.75, 3.05) is 39.3 Å². The van der Waals surface area contributed by atoms with Crippen LogP contribution in [0.5, 0.6) is 5.75 Å². The Hall–Kier alpha value is -1.51. The monoisotopic (exact) mass is 466 g/mol. The van der Waals surface area contributed by atoms with Crippen LogP contribution >= 0.6 is 24.8 Å². The molecule has 2 aromatic rings. The fourth-order valence-electron chi connectivity index (χ4n) is 3.30. The zero-order valence-electron chi connectivity index (χ0n) is 16.5. The quantitative estimate of drug-likeness (QED) is 0.565. The van der Waals surface area contributed by atoms with Gasteiger partial charge >= 0.3 is 6.36 Å². The second-order valence-corrected chi connectivity index (χ2v) is 6.75. The first kappa shape index (κ1) is 26.5. The maximum atomic E-state index is 12.9. The molecule has 0 spiro atoms. The van der Waals surface area contributed by atoms with Crippen molar-refractivity contribution in [1.82, 2.24) is 9.80 Å². The Morgan fingerprint density at radius 2 is 1.40 bits per heavy atom. The van der Waals surface area contributed by atoms with Crippen LogP contribution in [0.15, 0.2) is 60.7 Å². The lowest BCUT2D eigenvalue weighted by atomic mass is 10.1. The summed E-state index contributed by atoms with van der Waals surface area (Å²) in [5.41, 5.74) is 0.829. The molecule has 2 aromatic carbocycles. The van der Waals surface area contributed by atoms with Crippen molar-refractivity contribution < 1.29 is 22.6 Å². The molecule has 0 saturated carbocycles. The molecule has 0 N–H and O–H groups in total. The van der Waals surface area contributed by atoms with E-state index in [1.54, 1.807) is 4.90 Å². The van der Waals surface area contributed by atoms with Crippen molar-refractivity contribution in [3.63, 3.8) is 0 Å². The minimum Gasteiger partial charge on any atom is -0.492 e. The Balaban J connectivity index is 0.00000225. The van der Waals surface area contributed by atoms with Crippen molar-refractivity contribution in [1.29, 1.82) is 0 Å². The van der Waals surface area contributed by atoms with Gasteiger partial charge in [-0.15, -0.1) is 38.0 Å². The molecule has 30 heavy (non-hydrogen) atoms. The Morgan fingerprint density at radius 3 is 1.97 bits per heavy atom. The summed E-state index contributed by atoms with van der Waals surface area (Å²) < 4.78 is 48.8. The second kappa shape index (κ2) is 13.0. The Kier molecular flexibility index (Phi) is 11.5. The maximum Gasteiger partial charge on any atom is 0.524 e. The highest BCUT2D eigenvalue weighted by atomic mass is 35.5. The number of hydrogen-bond acceptors (Lipinski definition) is 4. The highest BCUT2D eigenvalue weighted by Crippen LogP contribution is 2.23. The molecule has 0 radical (unpaired) electrons. The summed E-state index contributed by atoms with van der Waals surface area (Å²) in [6, 6.07) is 18.7. The van der Waals surface area contributed by atoms with Crippen molar-refractivity contribution >= 4 is 24.8 Å². The normalized spacial score (nSPS) is 16.2. The molecule has 1 heterocycles. The van der Waals surface area contributed by atoms with E-state index in [0.717, 1.165) is 17.9 Å². The lowest BCUT2D eigenvalue weighted by Gasteiger charge is -2.39. The molecule has 1 aliphatic rings. The van der Waals surface area contributed by atoms with Gasteiger partial charge in [0.05, 0.1) is 0 Å². The highest BCUT2D eigenvalue weighted by Gasteiger charge is 2.37. The summed E-state index contributed by atoms with van der Waals surface area (Å²) >= 11 is 0. The van der Waals surface area contributed by atoms with Crippen LogP contribution in [0, 0.1) is 0 Å². The van der Waals surface area contributed by atoms with Gasteiger partial charge in [-0.05, 0) is 17.7 Å². The van der Waals surface area contributed by atoms with Gasteiger partial charge in [0.15, 0.2) is 0 Å². The van der Waals surface area contributed by atoms with E-state index in [2.05, 4.69) is 9.64 Å². The molecule has 0 aliphatic carbocycles. The van der Waals surface area contributed by atoms with E-state index < -0.39 is 12.6 Å². The molecule has 168 valence electrons. The Labute approximate surface area is 187 Å². The molecule has 1 saturated heterocycles.